The highest BCUT2D eigenvalue weighted by Crippen LogP contribution is 2.75. The molecule has 10 atom stereocenters. The summed E-state index contributed by atoms with van der Waals surface area (Å²) >= 11 is 6.18. The number of fused-ring (bicyclic) bond motifs is 7. The first-order valence-electron chi connectivity index (χ1n) is 17.8. The molecule has 4 unspecified atom stereocenters. The number of phenols is 1. The number of ketones is 2. The van der Waals surface area contributed by atoms with Crippen molar-refractivity contribution in [2.45, 2.75) is 123 Å². The van der Waals surface area contributed by atoms with E-state index in [1.807, 2.05) is 13.0 Å². The number of rotatable bonds is 6. The normalized spacial score (nSPS) is 42.3. The number of aliphatic carboxylic acids is 1. The lowest BCUT2D eigenvalue weighted by molar-refractivity contribution is -0.185. The van der Waals surface area contributed by atoms with Crippen LogP contribution in [0.2, 0.25) is 0 Å². The number of Topliss-reactive ketones (excluding diaryl/α,β-unsaturated/α-hetero) is 1. The number of nitrogens with zero attached hydrogens (tertiary/aromatic N) is 1. The molecular formula is C39H53Br2NO6. The number of aromatic hydroxyl groups is 1. The van der Waals surface area contributed by atoms with Gasteiger partial charge in [0.05, 0.1) is 5.92 Å². The van der Waals surface area contributed by atoms with Crippen molar-refractivity contribution >= 4 is 49.6 Å². The van der Waals surface area contributed by atoms with E-state index in [1.165, 1.54) is 36.3 Å². The molecule has 1 aromatic carbocycles. The summed E-state index contributed by atoms with van der Waals surface area (Å²) < 4.78 is -1.84. The van der Waals surface area contributed by atoms with E-state index >= 15 is 0 Å². The summed E-state index contributed by atoms with van der Waals surface area (Å²) in [6, 6.07) is 5.92. The van der Waals surface area contributed by atoms with Crippen LogP contribution in [0.5, 0.6) is 5.75 Å². The molecule has 0 aromatic heterocycles. The lowest BCUT2D eigenvalue weighted by atomic mass is 9.33. The lowest BCUT2D eigenvalue weighted by Crippen LogP contribution is -2.65. The van der Waals surface area contributed by atoms with Gasteiger partial charge in [-0.05, 0) is 120 Å². The van der Waals surface area contributed by atoms with Crippen molar-refractivity contribution < 1.29 is 29.8 Å². The second kappa shape index (κ2) is 11.5. The Balaban J connectivity index is 1.43. The standard InChI is InChI=1S/C39H53Br2NO6/c1-33(2)14-8-15-36(5)28(33)13-16-38(7)30(36)27(44)21-25-26-22-35(4,18-17-34(26,3)19-20-37(25,38)6)31(45)29(23-9-11-24(43)12-10-23)39(40,32(46)47)42(41)48/h9-12,21,26,28-30,43,48H,8,13-20,22H2,1-7H3,(H,46,47)/t26-,28?,29?,30?,34+,35?,36-,37+,38+,39-/m0/s1. The molecule has 0 amide bonds. The van der Waals surface area contributed by atoms with Gasteiger partial charge in [-0.25, -0.2) is 4.79 Å². The van der Waals surface area contributed by atoms with Crippen molar-refractivity contribution in [3.63, 3.8) is 0 Å². The minimum atomic E-state index is -2.21. The van der Waals surface area contributed by atoms with Crippen LogP contribution in [0.25, 0.3) is 0 Å². The number of hydroxylamine groups is 1. The van der Waals surface area contributed by atoms with E-state index in [9.17, 15) is 29.8 Å². The summed E-state index contributed by atoms with van der Waals surface area (Å²) in [6.45, 7) is 16.3. The summed E-state index contributed by atoms with van der Waals surface area (Å²) in [5, 5.41) is 31.1. The number of carboxylic acid groups (broad SMARTS) is 1. The monoisotopic (exact) mass is 789 g/mol. The van der Waals surface area contributed by atoms with Crippen LogP contribution in [0, 0.1) is 50.2 Å². The van der Waals surface area contributed by atoms with E-state index in [1.54, 1.807) is 0 Å². The number of allylic oxidation sites excluding steroid dienone is 2. The molecule has 4 saturated carbocycles. The van der Waals surface area contributed by atoms with Crippen molar-refractivity contribution in [2.75, 3.05) is 0 Å². The van der Waals surface area contributed by atoms with Crippen molar-refractivity contribution in [2.24, 2.45) is 50.2 Å². The number of halogens is 2. The molecule has 0 saturated heterocycles. The number of hydrogen-bond acceptors (Lipinski definition) is 6. The van der Waals surface area contributed by atoms with Crippen molar-refractivity contribution in [3.8, 4) is 5.75 Å². The Hall–Kier alpha value is -1.55. The van der Waals surface area contributed by atoms with E-state index < -0.39 is 21.8 Å². The average molecular weight is 792 g/mol. The molecule has 7 nitrogen and oxygen atoms in total. The number of alkyl halides is 1. The largest absolute Gasteiger partial charge is 0.508 e. The Bertz CT molecular complexity index is 1560. The second-order valence-electron chi connectivity index (χ2n) is 18.2. The van der Waals surface area contributed by atoms with Gasteiger partial charge < -0.3 is 15.4 Å². The fourth-order valence-corrected chi connectivity index (χ4v) is 13.2. The molecule has 6 rings (SSSR count). The minimum absolute atomic E-state index is 0.0123. The van der Waals surface area contributed by atoms with Gasteiger partial charge in [-0.15, -0.1) is 0 Å². The topological polar surface area (TPSA) is 115 Å². The predicted molar refractivity (Wildman–Crippen MR) is 192 cm³/mol. The Morgan fingerprint density at radius 2 is 1.56 bits per heavy atom. The van der Waals surface area contributed by atoms with E-state index in [0.717, 1.165) is 44.9 Å². The average Bonchev–Trinajstić information content (AvgIpc) is 2.99. The summed E-state index contributed by atoms with van der Waals surface area (Å²) in [5.74, 6) is -2.34. The molecule has 9 heteroatoms. The fourth-order valence-electron chi connectivity index (χ4n) is 12.4. The van der Waals surface area contributed by atoms with Crippen LogP contribution in [0.15, 0.2) is 35.9 Å². The summed E-state index contributed by atoms with van der Waals surface area (Å²) in [7, 11) is 0. The molecule has 3 N–H and O–H groups in total. The molecule has 0 spiro atoms. The van der Waals surface area contributed by atoms with Gasteiger partial charge in [0.25, 0.3) is 0 Å². The van der Waals surface area contributed by atoms with Crippen LogP contribution < -0.4 is 0 Å². The van der Waals surface area contributed by atoms with Gasteiger partial charge in [0.15, 0.2) is 5.78 Å². The van der Waals surface area contributed by atoms with Gasteiger partial charge in [0, 0.05) is 27.5 Å². The van der Waals surface area contributed by atoms with Crippen LogP contribution in [0.1, 0.15) is 124 Å². The van der Waals surface area contributed by atoms with E-state index in [0.29, 0.717) is 28.4 Å². The van der Waals surface area contributed by atoms with Crippen molar-refractivity contribution in [3.05, 3.63) is 41.5 Å². The molecule has 4 fully saturated rings. The minimum Gasteiger partial charge on any atom is -0.508 e. The zero-order chi connectivity index (χ0) is 35.5. The van der Waals surface area contributed by atoms with Gasteiger partial charge in [0.2, 0.25) is 4.45 Å². The summed E-state index contributed by atoms with van der Waals surface area (Å²) in [4.78, 5) is 42.5. The number of carboxylic acids is 1. The molecule has 48 heavy (non-hydrogen) atoms. The molecule has 0 radical (unpaired) electrons. The highest BCUT2D eigenvalue weighted by molar-refractivity contribution is 9.11. The number of hydrogen-bond donors (Lipinski definition) is 3. The summed E-state index contributed by atoms with van der Waals surface area (Å²) in [6.07, 6.45) is 11.5. The van der Waals surface area contributed by atoms with Gasteiger partial charge in [-0.3, -0.25) is 9.59 Å². The SMILES string of the molecule is CC1(C(=O)C(c2ccc(O)cc2)[C@@](Br)(C(=O)O)N(O)Br)CC[C@]2(C)CC[C@]3(C)C(=CC(=O)C4[C@@]5(C)CCCC(C)(C)C5CC[C@]43C)[C@@H]2C1. The molecule has 0 heterocycles. The third-order valence-electron chi connectivity index (χ3n) is 15.4. The van der Waals surface area contributed by atoms with Crippen molar-refractivity contribution in [1.82, 2.24) is 4.09 Å². The first-order chi connectivity index (χ1) is 22.1. The predicted octanol–water partition coefficient (Wildman–Crippen LogP) is 9.59. The van der Waals surface area contributed by atoms with Crippen LogP contribution in [0.4, 0.5) is 0 Å². The Kier molecular flexibility index (Phi) is 8.67. The quantitative estimate of drug-likeness (QED) is 0.114. The van der Waals surface area contributed by atoms with Crippen LogP contribution in [0.3, 0.4) is 0 Å². The van der Waals surface area contributed by atoms with Crippen molar-refractivity contribution in [1.29, 1.82) is 0 Å². The second-order valence-corrected chi connectivity index (χ2v) is 20.1. The molecular weight excluding hydrogens is 738 g/mol. The van der Waals surface area contributed by atoms with Gasteiger partial charge >= 0.3 is 5.97 Å². The van der Waals surface area contributed by atoms with E-state index in [2.05, 4.69) is 73.6 Å². The highest BCUT2D eigenvalue weighted by Gasteiger charge is 2.70. The zero-order valence-electron chi connectivity index (χ0n) is 29.5. The Morgan fingerprint density at radius 1 is 0.938 bits per heavy atom. The number of phenolic OH excluding ortho intramolecular Hbond substituents is 1. The Labute approximate surface area is 302 Å². The van der Waals surface area contributed by atoms with Crippen LogP contribution >= 0.6 is 32.1 Å². The van der Waals surface area contributed by atoms with Gasteiger partial charge in [-0.1, -0.05) is 92.6 Å². The van der Waals surface area contributed by atoms with E-state index in [4.69, 9.17) is 0 Å². The maximum absolute atomic E-state index is 15.0. The maximum atomic E-state index is 15.0. The molecule has 264 valence electrons. The van der Waals surface area contributed by atoms with Gasteiger partial charge in [0.1, 0.15) is 11.5 Å². The van der Waals surface area contributed by atoms with Crippen LogP contribution in [-0.4, -0.2) is 41.5 Å². The molecule has 5 aliphatic carbocycles. The third kappa shape index (κ3) is 4.93. The molecule has 5 aliphatic rings. The fraction of sp³-hybridized carbons (Fsp3) is 0.718. The van der Waals surface area contributed by atoms with Crippen LogP contribution in [-0.2, 0) is 14.4 Å². The van der Waals surface area contributed by atoms with Gasteiger partial charge in [-0.2, -0.15) is 0 Å². The highest BCUT2D eigenvalue weighted by atomic mass is 79.9. The van der Waals surface area contributed by atoms with E-state index in [-0.39, 0.29) is 56.2 Å². The maximum Gasteiger partial charge on any atom is 0.339 e. The molecule has 0 bridgehead atoms. The number of benzene rings is 1. The lowest BCUT2D eigenvalue weighted by Gasteiger charge is -2.70. The molecule has 0 aliphatic heterocycles. The number of carbonyl (C=O) groups excluding carboxylic acids is 2. The third-order valence-corrected chi connectivity index (χ3v) is 17.5. The Morgan fingerprint density at radius 3 is 2.17 bits per heavy atom. The molecule has 1 aromatic rings. The smallest absolute Gasteiger partial charge is 0.339 e. The number of carbonyl (C=O) groups is 3. The summed E-state index contributed by atoms with van der Waals surface area (Å²) in [5.41, 5.74) is 0.307. The first-order valence-corrected chi connectivity index (χ1v) is 19.3. The zero-order valence-corrected chi connectivity index (χ0v) is 32.7. The first kappa shape index (κ1) is 36.2.